The lowest BCUT2D eigenvalue weighted by molar-refractivity contribution is -0.151. The van der Waals surface area contributed by atoms with Gasteiger partial charge in [-0.3, -0.25) is 9.59 Å². The van der Waals surface area contributed by atoms with Crippen molar-refractivity contribution in [1.29, 1.82) is 0 Å². The van der Waals surface area contributed by atoms with Gasteiger partial charge in [-0.2, -0.15) is 0 Å². The zero-order chi connectivity index (χ0) is 12.6. The van der Waals surface area contributed by atoms with Gasteiger partial charge in [0.1, 0.15) is 12.6 Å². The number of nitrogens with zero attached hydrogens (tertiary/aromatic N) is 1. The number of hydrogen-bond acceptors (Lipinski definition) is 2. The van der Waals surface area contributed by atoms with Crippen LogP contribution in [0.2, 0.25) is 0 Å². The van der Waals surface area contributed by atoms with Gasteiger partial charge in [0.25, 0.3) is 0 Å². The molecule has 1 aliphatic carbocycles. The molecule has 1 saturated carbocycles. The summed E-state index contributed by atoms with van der Waals surface area (Å²) in [5.74, 6) is 0.236. The van der Waals surface area contributed by atoms with Crippen molar-refractivity contribution >= 4 is 11.8 Å². The summed E-state index contributed by atoms with van der Waals surface area (Å²) < 4.78 is 0. The Labute approximate surface area is 103 Å². The number of carbonyl (C=O) groups is 2. The molecule has 4 nitrogen and oxygen atoms in total. The third-order valence-corrected chi connectivity index (χ3v) is 4.15. The Balaban J connectivity index is 2.21. The zero-order valence-electron chi connectivity index (χ0n) is 11.0. The predicted molar refractivity (Wildman–Crippen MR) is 65.4 cm³/mol. The maximum atomic E-state index is 12.4. The van der Waals surface area contributed by atoms with E-state index >= 15 is 0 Å². The Morgan fingerprint density at radius 2 is 1.88 bits per heavy atom. The Bertz CT molecular complexity index is 332. The van der Waals surface area contributed by atoms with E-state index in [1.54, 1.807) is 0 Å². The molecule has 2 amide bonds. The van der Waals surface area contributed by atoms with Crippen LogP contribution >= 0.6 is 0 Å². The normalized spacial score (nSPS) is 28.7. The first kappa shape index (κ1) is 12.4. The summed E-state index contributed by atoms with van der Waals surface area (Å²) in [6.45, 7) is 6.30. The van der Waals surface area contributed by atoms with Crippen molar-refractivity contribution in [3.63, 3.8) is 0 Å². The summed E-state index contributed by atoms with van der Waals surface area (Å²) in [5.41, 5.74) is -0.0953. The first-order valence-corrected chi connectivity index (χ1v) is 6.55. The van der Waals surface area contributed by atoms with E-state index in [2.05, 4.69) is 12.2 Å². The molecule has 0 aromatic heterocycles. The van der Waals surface area contributed by atoms with E-state index in [4.69, 9.17) is 0 Å². The molecule has 4 heteroatoms. The van der Waals surface area contributed by atoms with Gasteiger partial charge in [0.05, 0.1) is 0 Å². The van der Waals surface area contributed by atoms with E-state index < -0.39 is 0 Å². The molecule has 0 spiro atoms. The van der Waals surface area contributed by atoms with Gasteiger partial charge in [-0.15, -0.1) is 0 Å². The lowest BCUT2D eigenvalue weighted by atomic mass is 9.92. The number of carbonyl (C=O) groups excluding carboxylic acids is 2. The van der Waals surface area contributed by atoms with Crippen LogP contribution in [0.3, 0.4) is 0 Å². The molecule has 0 aromatic carbocycles. The van der Waals surface area contributed by atoms with Crippen LogP contribution in [0.4, 0.5) is 0 Å². The maximum absolute atomic E-state index is 12.4. The molecule has 2 aliphatic rings. The molecule has 2 rings (SSSR count). The summed E-state index contributed by atoms with van der Waals surface area (Å²) >= 11 is 0. The number of rotatable bonds is 2. The highest BCUT2D eigenvalue weighted by Gasteiger charge is 2.44. The van der Waals surface area contributed by atoms with Crippen molar-refractivity contribution in [3.8, 4) is 0 Å². The van der Waals surface area contributed by atoms with Crippen molar-refractivity contribution in [3.05, 3.63) is 0 Å². The van der Waals surface area contributed by atoms with E-state index in [1.165, 1.54) is 0 Å². The van der Waals surface area contributed by atoms with Crippen LogP contribution in [0.5, 0.6) is 0 Å². The molecule has 1 saturated heterocycles. The molecule has 1 aliphatic heterocycles. The first-order valence-electron chi connectivity index (χ1n) is 6.55. The molecule has 0 aromatic rings. The lowest BCUT2D eigenvalue weighted by Gasteiger charge is -2.44. The fraction of sp³-hybridized carbons (Fsp3) is 0.846. The molecule has 96 valence electrons. The minimum Gasteiger partial charge on any atom is -0.343 e. The van der Waals surface area contributed by atoms with Gasteiger partial charge < -0.3 is 10.2 Å². The second-order valence-electron chi connectivity index (χ2n) is 5.92. The summed E-state index contributed by atoms with van der Waals surface area (Å²) in [6, 6.07) is -0.339. The Morgan fingerprint density at radius 1 is 1.29 bits per heavy atom. The van der Waals surface area contributed by atoms with Crippen molar-refractivity contribution in [2.45, 2.75) is 58.0 Å². The fourth-order valence-electron chi connectivity index (χ4n) is 2.99. The summed E-state index contributed by atoms with van der Waals surface area (Å²) in [7, 11) is 0. The van der Waals surface area contributed by atoms with Gasteiger partial charge in [-0.25, -0.2) is 0 Å². The van der Waals surface area contributed by atoms with Gasteiger partial charge in [-0.1, -0.05) is 26.7 Å². The Hall–Kier alpha value is -1.06. The third-order valence-electron chi connectivity index (χ3n) is 4.15. The van der Waals surface area contributed by atoms with Crippen molar-refractivity contribution in [2.75, 3.05) is 6.54 Å². The summed E-state index contributed by atoms with van der Waals surface area (Å²) in [6.07, 6.45) is 4.37. The van der Waals surface area contributed by atoms with Crippen LogP contribution in [0, 0.1) is 5.92 Å². The maximum Gasteiger partial charge on any atom is 0.246 e. The molecule has 1 atom stereocenters. The van der Waals surface area contributed by atoms with Gasteiger partial charge in [-0.05, 0) is 25.7 Å². The summed E-state index contributed by atoms with van der Waals surface area (Å²) in [5, 5.41) is 2.81. The Kier molecular flexibility index (Phi) is 3.15. The lowest BCUT2D eigenvalue weighted by Crippen LogP contribution is -2.64. The highest BCUT2D eigenvalue weighted by molar-refractivity contribution is 5.95. The second-order valence-corrected chi connectivity index (χ2v) is 5.92. The summed E-state index contributed by atoms with van der Waals surface area (Å²) in [4.78, 5) is 26.0. The molecule has 0 radical (unpaired) electrons. The topological polar surface area (TPSA) is 49.4 Å². The SMILES string of the molecule is CC(C)C1NC(=O)CN(C2(C)CCCC2)C1=O. The van der Waals surface area contributed by atoms with Gasteiger partial charge in [0.15, 0.2) is 0 Å². The minimum atomic E-state index is -0.339. The van der Waals surface area contributed by atoms with Crippen LogP contribution in [-0.4, -0.2) is 34.8 Å². The number of hydrogen-bond donors (Lipinski definition) is 1. The van der Waals surface area contributed by atoms with Crippen LogP contribution in [0.1, 0.15) is 46.5 Å². The molecule has 1 unspecified atom stereocenters. The Morgan fingerprint density at radius 3 is 2.41 bits per heavy atom. The molecule has 2 fully saturated rings. The van der Waals surface area contributed by atoms with Crippen LogP contribution < -0.4 is 5.32 Å². The number of piperazine rings is 1. The fourth-order valence-corrected chi connectivity index (χ4v) is 2.99. The monoisotopic (exact) mass is 238 g/mol. The largest absolute Gasteiger partial charge is 0.343 e. The third kappa shape index (κ3) is 2.17. The van der Waals surface area contributed by atoms with Gasteiger partial charge >= 0.3 is 0 Å². The van der Waals surface area contributed by atoms with E-state index in [0.29, 0.717) is 0 Å². The average molecular weight is 238 g/mol. The molecular weight excluding hydrogens is 216 g/mol. The molecular formula is C13H22N2O2. The zero-order valence-corrected chi connectivity index (χ0v) is 11.0. The number of amides is 2. The van der Waals surface area contributed by atoms with E-state index in [0.717, 1.165) is 25.7 Å². The quantitative estimate of drug-likeness (QED) is 0.788. The van der Waals surface area contributed by atoms with Crippen LogP contribution in [0.25, 0.3) is 0 Å². The highest BCUT2D eigenvalue weighted by Crippen LogP contribution is 2.36. The standard InChI is InChI=1S/C13H22N2O2/c1-9(2)11-12(17)15(8-10(16)14-11)13(3)6-4-5-7-13/h9,11H,4-8H2,1-3H3,(H,14,16). The highest BCUT2D eigenvalue weighted by atomic mass is 16.2. The first-order chi connectivity index (χ1) is 7.94. The number of nitrogens with one attached hydrogen (secondary N) is 1. The van der Waals surface area contributed by atoms with Crippen molar-refractivity contribution in [2.24, 2.45) is 5.92 Å². The molecule has 0 bridgehead atoms. The minimum absolute atomic E-state index is 0.0172. The average Bonchev–Trinajstić information content (AvgIpc) is 2.69. The molecule has 1 N–H and O–H groups in total. The molecule has 1 heterocycles. The van der Waals surface area contributed by atoms with Crippen molar-refractivity contribution in [1.82, 2.24) is 10.2 Å². The predicted octanol–water partition coefficient (Wildman–Crippen LogP) is 1.30. The second kappa shape index (κ2) is 4.31. The van der Waals surface area contributed by atoms with E-state index in [9.17, 15) is 9.59 Å². The van der Waals surface area contributed by atoms with Crippen molar-refractivity contribution < 1.29 is 9.59 Å². The smallest absolute Gasteiger partial charge is 0.246 e. The van der Waals surface area contributed by atoms with Gasteiger partial charge in [0.2, 0.25) is 11.8 Å². The molecule has 17 heavy (non-hydrogen) atoms. The van der Waals surface area contributed by atoms with Crippen LogP contribution in [0.15, 0.2) is 0 Å². The van der Waals surface area contributed by atoms with E-state index in [-0.39, 0.29) is 35.9 Å². The van der Waals surface area contributed by atoms with Crippen LogP contribution in [-0.2, 0) is 9.59 Å². The van der Waals surface area contributed by atoms with E-state index in [1.807, 2.05) is 18.7 Å². The van der Waals surface area contributed by atoms with Gasteiger partial charge in [0, 0.05) is 5.54 Å².